The zero-order valence-corrected chi connectivity index (χ0v) is 30.5. The molecular formula is C52H36N4. The quantitative estimate of drug-likeness (QED) is 0.183. The average Bonchev–Trinajstić information content (AvgIpc) is 3.80. The van der Waals surface area contributed by atoms with Gasteiger partial charge in [-0.05, 0) is 70.8 Å². The number of hydrogen-bond acceptors (Lipinski definition) is 2. The normalized spacial score (nSPS) is 14.2. The van der Waals surface area contributed by atoms with E-state index >= 15 is 0 Å². The molecule has 56 heavy (non-hydrogen) atoms. The molecule has 0 radical (unpaired) electrons. The van der Waals surface area contributed by atoms with Crippen molar-refractivity contribution in [3.05, 3.63) is 223 Å². The lowest BCUT2D eigenvalue weighted by Crippen LogP contribution is -2.25. The Morgan fingerprint density at radius 3 is 1.29 bits per heavy atom. The largest absolute Gasteiger partial charge is 0.360 e. The molecule has 11 rings (SSSR count). The number of rotatable bonds is 6. The maximum atomic E-state index is 5.47. The van der Waals surface area contributed by atoms with Gasteiger partial charge in [0.25, 0.3) is 0 Å². The van der Waals surface area contributed by atoms with E-state index in [0.717, 1.165) is 39.5 Å². The van der Waals surface area contributed by atoms with Gasteiger partial charge in [0, 0.05) is 44.2 Å². The molecule has 1 atom stereocenters. The third-order valence-electron chi connectivity index (χ3n) is 11.1. The number of nitrogens with zero attached hydrogens (tertiary/aromatic N) is 3. The first-order chi connectivity index (χ1) is 27.8. The fraction of sp³-hybridized carbons (Fsp3) is 0.0192. The second-order valence-corrected chi connectivity index (χ2v) is 14.5. The molecule has 1 unspecified atom stereocenters. The van der Waals surface area contributed by atoms with Gasteiger partial charge in [0.15, 0.2) is 0 Å². The van der Waals surface area contributed by atoms with Gasteiger partial charge >= 0.3 is 0 Å². The van der Waals surface area contributed by atoms with Crippen LogP contribution in [0.2, 0.25) is 0 Å². The Kier molecular flexibility index (Phi) is 7.52. The van der Waals surface area contributed by atoms with E-state index in [1.165, 1.54) is 54.7 Å². The molecule has 8 aromatic carbocycles. The van der Waals surface area contributed by atoms with Gasteiger partial charge < -0.3 is 14.5 Å². The van der Waals surface area contributed by atoms with Crippen LogP contribution >= 0.6 is 0 Å². The lowest BCUT2D eigenvalue weighted by atomic mass is 9.99. The van der Waals surface area contributed by atoms with Gasteiger partial charge in [0.2, 0.25) is 0 Å². The van der Waals surface area contributed by atoms with Gasteiger partial charge in [-0.15, -0.1) is 0 Å². The van der Waals surface area contributed by atoms with Crippen molar-refractivity contribution < 1.29 is 0 Å². The Morgan fingerprint density at radius 1 is 0.375 bits per heavy atom. The van der Waals surface area contributed by atoms with E-state index in [4.69, 9.17) is 4.99 Å². The third kappa shape index (κ3) is 5.34. The molecule has 0 aliphatic carbocycles. The van der Waals surface area contributed by atoms with Crippen molar-refractivity contribution in [3.63, 3.8) is 0 Å². The summed E-state index contributed by atoms with van der Waals surface area (Å²) >= 11 is 0. The molecule has 10 aromatic rings. The summed E-state index contributed by atoms with van der Waals surface area (Å²) in [4.78, 5) is 5.47. The van der Waals surface area contributed by atoms with E-state index < -0.39 is 0 Å². The highest BCUT2D eigenvalue weighted by molar-refractivity contribution is 6.15. The maximum Gasteiger partial charge on any atom is 0.145 e. The number of benzene rings is 8. The molecule has 0 bridgehead atoms. The molecule has 0 spiro atoms. The second-order valence-electron chi connectivity index (χ2n) is 14.5. The Hall–Kier alpha value is -7.43. The van der Waals surface area contributed by atoms with Gasteiger partial charge in [-0.1, -0.05) is 158 Å². The summed E-state index contributed by atoms with van der Waals surface area (Å²) in [5.41, 5.74) is 14.4. The highest BCUT2D eigenvalue weighted by Crippen LogP contribution is 2.37. The first kappa shape index (κ1) is 32.0. The van der Waals surface area contributed by atoms with E-state index in [2.05, 4.69) is 221 Å². The Bertz CT molecular complexity index is 2910. The molecular weight excluding hydrogens is 681 g/mol. The predicted molar refractivity (Wildman–Crippen MR) is 234 cm³/mol. The highest BCUT2D eigenvalue weighted by Gasteiger charge is 2.22. The van der Waals surface area contributed by atoms with Crippen LogP contribution in [0, 0.1) is 0 Å². The van der Waals surface area contributed by atoms with Crippen molar-refractivity contribution in [1.82, 2.24) is 14.5 Å². The summed E-state index contributed by atoms with van der Waals surface area (Å²) in [5.74, 6) is 0. The van der Waals surface area contributed by atoms with Crippen LogP contribution in [0.1, 0.15) is 22.9 Å². The number of para-hydroxylation sites is 4. The number of nitrogens with one attached hydrogen (secondary N) is 1. The van der Waals surface area contributed by atoms with Crippen LogP contribution in [-0.2, 0) is 0 Å². The van der Waals surface area contributed by atoms with Gasteiger partial charge in [0.1, 0.15) is 6.17 Å². The zero-order valence-electron chi connectivity index (χ0n) is 30.5. The molecule has 0 saturated heterocycles. The predicted octanol–water partition coefficient (Wildman–Crippen LogP) is 12.7. The van der Waals surface area contributed by atoms with Crippen LogP contribution in [0.15, 0.2) is 211 Å². The third-order valence-corrected chi connectivity index (χ3v) is 11.1. The molecule has 0 fully saturated rings. The summed E-state index contributed by atoms with van der Waals surface area (Å²) in [6, 6.07) is 71.8. The molecule has 0 amide bonds. The zero-order chi connectivity index (χ0) is 37.0. The van der Waals surface area contributed by atoms with Crippen LogP contribution in [0.5, 0.6) is 0 Å². The van der Waals surface area contributed by atoms with Crippen molar-refractivity contribution in [3.8, 4) is 22.5 Å². The molecule has 1 aliphatic heterocycles. The summed E-state index contributed by atoms with van der Waals surface area (Å²) in [5, 5.41) is 8.72. The van der Waals surface area contributed by atoms with Crippen LogP contribution in [0.3, 0.4) is 0 Å². The standard InChI is InChI=1S/C52H36N4/c1-3-15-35(16-4-1)36-27-29-37(30-28-36)46-34-47(54-52(53-46)38-17-5-2-6-18-38)39-31-40(55-48-23-11-7-19-42(48)43-20-8-12-24-49(43)55)33-41(32-39)56-50-25-13-9-21-44(50)45-22-10-14-26-51(45)56/h1-34,52-53H. The van der Waals surface area contributed by atoms with Crippen molar-refractivity contribution in [2.45, 2.75) is 6.17 Å². The Morgan fingerprint density at radius 2 is 0.786 bits per heavy atom. The number of allylic oxidation sites excluding steroid dienone is 1. The monoisotopic (exact) mass is 716 g/mol. The summed E-state index contributed by atoms with van der Waals surface area (Å²) in [6.45, 7) is 0. The number of hydrogen-bond donors (Lipinski definition) is 1. The Labute approximate surface area is 324 Å². The molecule has 1 aliphatic rings. The van der Waals surface area contributed by atoms with Crippen molar-refractivity contribution in [2.75, 3.05) is 0 Å². The van der Waals surface area contributed by atoms with Crippen LogP contribution in [0.4, 0.5) is 0 Å². The fourth-order valence-corrected chi connectivity index (χ4v) is 8.53. The molecule has 2 aromatic heterocycles. The number of aliphatic imine (C=N–C) groups is 1. The SMILES string of the molecule is C1=C(c2ccc(-c3ccccc3)cc2)NC(c2ccccc2)N=C1c1cc(-n2c3ccccc3c3ccccc32)cc(-n2c3ccccc3c3ccccc32)c1. The smallest absolute Gasteiger partial charge is 0.145 e. The van der Waals surface area contributed by atoms with Crippen LogP contribution in [0.25, 0.3) is 71.8 Å². The summed E-state index contributed by atoms with van der Waals surface area (Å²) in [7, 11) is 0. The van der Waals surface area contributed by atoms with Gasteiger partial charge in [-0.3, -0.25) is 4.99 Å². The van der Waals surface area contributed by atoms with Crippen LogP contribution < -0.4 is 5.32 Å². The van der Waals surface area contributed by atoms with Gasteiger partial charge in [-0.2, -0.15) is 0 Å². The molecule has 0 saturated carbocycles. The van der Waals surface area contributed by atoms with E-state index in [9.17, 15) is 0 Å². The first-order valence-electron chi connectivity index (χ1n) is 19.2. The number of fused-ring (bicyclic) bond motifs is 6. The van der Waals surface area contributed by atoms with Crippen molar-refractivity contribution in [1.29, 1.82) is 0 Å². The Balaban J connectivity index is 1.16. The van der Waals surface area contributed by atoms with Gasteiger partial charge in [-0.25, -0.2) is 0 Å². The molecule has 4 heteroatoms. The van der Waals surface area contributed by atoms with E-state index in [0.29, 0.717) is 0 Å². The van der Waals surface area contributed by atoms with Gasteiger partial charge in [0.05, 0.1) is 27.8 Å². The maximum absolute atomic E-state index is 5.47. The van der Waals surface area contributed by atoms with E-state index in [1.807, 2.05) is 0 Å². The van der Waals surface area contributed by atoms with E-state index in [1.54, 1.807) is 0 Å². The minimum atomic E-state index is -0.270. The van der Waals surface area contributed by atoms with Crippen molar-refractivity contribution >= 4 is 55.0 Å². The lowest BCUT2D eigenvalue weighted by molar-refractivity contribution is 0.664. The van der Waals surface area contributed by atoms with Crippen molar-refractivity contribution in [2.24, 2.45) is 4.99 Å². The fourth-order valence-electron chi connectivity index (χ4n) is 8.53. The molecule has 264 valence electrons. The minimum Gasteiger partial charge on any atom is -0.360 e. The first-order valence-corrected chi connectivity index (χ1v) is 19.2. The average molecular weight is 717 g/mol. The van der Waals surface area contributed by atoms with Crippen LogP contribution in [-0.4, -0.2) is 14.8 Å². The summed E-state index contributed by atoms with van der Waals surface area (Å²) < 4.78 is 4.82. The lowest BCUT2D eigenvalue weighted by Gasteiger charge is -2.25. The second kappa shape index (κ2) is 13.2. The highest BCUT2D eigenvalue weighted by atomic mass is 15.1. The van der Waals surface area contributed by atoms with E-state index in [-0.39, 0.29) is 6.17 Å². The number of aromatic nitrogens is 2. The topological polar surface area (TPSA) is 34.2 Å². The molecule has 4 nitrogen and oxygen atoms in total. The molecule has 1 N–H and O–H groups in total. The summed E-state index contributed by atoms with van der Waals surface area (Å²) in [6.07, 6.45) is 1.95. The minimum absolute atomic E-state index is 0.270. The molecule has 3 heterocycles.